The fraction of sp³-hybridized carbons (Fsp3) is 0.233. The lowest BCUT2D eigenvalue weighted by Crippen LogP contribution is -2.30. The number of aryl methyl sites for hydroxylation is 2. The SMILES string of the molecule is CCCCc1nc(C)n(Cc2ccc(F)cc2)c(=O)c1Cc1ccc(-c2ccccc2)c(C#N)c1. The minimum Gasteiger partial charge on any atom is -0.292 e. The van der Waals surface area contributed by atoms with E-state index in [9.17, 15) is 14.4 Å². The summed E-state index contributed by atoms with van der Waals surface area (Å²) in [5.74, 6) is 0.338. The number of nitriles is 1. The lowest BCUT2D eigenvalue weighted by Gasteiger charge is -2.16. The van der Waals surface area contributed by atoms with Gasteiger partial charge in [-0.2, -0.15) is 5.26 Å². The van der Waals surface area contributed by atoms with Gasteiger partial charge in [0.15, 0.2) is 0 Å². The number of hydrogen-bond acceptors (Lipinski definition) is 3. The first kappa shape index (κ1) is 24.1. The molecule has 1 aromatic heterocycles. The van der Waals surface area contributed by atoms with E-state index in [1.165, 1.54) is 12.1 Å². The molecule has 0 aliphatic rings. The molecule has 35 heavy (non-hydrogen) atoms. The van der Waals surface area contributed by atoms with E-state index >= 15 is 0 Å². The van der Waals surface area contributed by atoms with Gasteiger partial charge in [-0.1, -0.05) is 67.9 Å². The number of halogens is 1. The van der Waals surface area contributed by atoms with Gasteiger partial charge in [0.2, 0.25) is 0 Å². The molecule has 0 radical (unpaired) electrons. The number of unbranched alkanes of at least 4 members (excludes halogenated alkanes) is 1. The fourth-order valence-electron chi connectivity index (χ4n) is 4.31. The van der Waals surface area contributed by atoms with E-state index in [1.807, 2.05) is 55.5 Å². The van der Waals surface area contributed by atoms with Crippen molar-refractivity contribution in [2.45, 2.75) is 46.1 Å². The Morgan fingerprint density at radius 3 is 2.40 bits per heavy atom. The Morgan fingerprint density at radius 1 is 1.00 bits per heavy atom. The summed E-state index contributed by atoms with van der Waals surface area (Å²) in [7, 11) is 0. The topological polar surface area (TPSA) is 58.7 Å². The van der Waals surface area contributed by atoms with Crippen LogP contribution in [0.5, 0.6) is 0 Å². The van der Waals surface area contributed by atoms with Crippen molar-refractivity contribution in [1.82, 2.24) is 9.55 Å². The van der Waals surface area contributed by atoms with Crippen molar-refractivity contribution < 1.29 is 4.39 Å². The standard InChI is InChI=1S/C30H28FN3O/c1-3-4-10-29-28(30(35)34(21(2)33-29)20-22-11-14-26(31)15-12-22)18-23-13-16-27(25(17-23)19-32)24-8-6-5-7-9-24/h5-9,11-17H,3-4,10,18,20H2,1-2H3. The second-order valence-corrected chi connectivity index (χ2v) is 8.74. The Labute approximate surface area is 205 Å². The van der Waals surface area contributed by atoms with Crippen molar-refractivity contribution in [1.29, 1.82) is 5.26 Å². The first-order valence-corrected chi connectivity index (χ1v) is 11.9. The summed E-state index contributed by atoms with van der Waals surface area (Å²) in [4.78, 5) is 18.5. The van der Waals surface area contributed by atoms with Gasteiger partial charge in [0.25, 0.3) is 5.56 Å². The molecule has 1 heterocycles. The second-order valence-electron chi connectivity index (χ2n) is 8.74. The summed E-state index contributed by atoms with van der Waals surface area (Å²) in [6.45, 7) is 4.28. The molecule has 0 aliphatic heterocycles. The van der Waals surface area contributed by atoms with E-state index in [4.69, 9.17) is 4.98 Å². The smallest absolute Gasteiger partial charge is 0.257 e. The molecular weight excluding hydrogens is 437 g/mol. The molecule has 3 aromatic carbocycles. The Morgan fingerprint density at radius 2 is 1.71 bits per heavy atom. The minimum absolute atomic E-state index is 0.0847. The number of aromatic nitrogens is 2. The van der Waals surface area contributed by atoms with Gasteiger partial charge in [0.05, 0.1) is 23.9 Å². The van der Waals surface area contributed by atoms with Gasteiger partial charge >= 0.3 is 0 Å². The predicted octanol–water partition coefficient (Wildman–Crippen LogP) is 6.21. The van der Waals surface area contributed by atoms with Gasteiger partial charge in [0.1, 0.15) is 11.6 Å². The van der Waals surface area contributed by atoms with Crippen LogP contribution in [0.15, 0.2) is 77.6 Å². The fourth-order valence-corrected chi connectivity index (χ4v) is 4.31. The van der Waals surface area contributed by atoms with Crippen LogP contribution in [0.2, 0.25) is 0 Å². The van der Waals surface area contributed by atoms with E-state index in [1.54, 1.807) is 16.7 Å². The Kier molecular flexibility index (Phi) is 7.52. The molecule has 0 saturated heterocycles. The molecule has 176 valence electrons. The molecule has 4 rings (SSSR count). The van der Waals surface area contributed by atoms with Crippen LogP contribution in [0.4, 0.5) is 4.39 Å². The minimum atomic E-state index is -0.307. The summed E-state index contributed by atoms with van der Waals surface area (Å²) in [5.41, 5.74) is 5.56. The van der Waals surface area contributed by atoms with E-state index in [0.29, 0.717) is 29.9 Å². The Bertz CT molecular complexity index is 1420. The summed E-state index contributed by atoms with van der Waals surface area (Å²) in [6, 6.07) is 24.1. The molecule has 0 saturated carbocycles. The van der Waals surface area contributed by atoms with Crippen LogP contribution in [0.25, 0.3) is 11.1 Å². The Hall–Kier alpha value is -4.04. The molecule has 0 bridgehead atoms. The molecule has 4 aromatic rings. The summed E-state index contributed by atoms with van der Waals surface area (Å²) >= 11 is 0. The first-order valence-electron chi connectivity index (χ1n) is 11.9. The van der Waals surface area contributed by atoms with Gasteiger partial charge in [-0.15, -0.1) is 0 Å². The average molecular weight is 466 g/mol. The molecular formula is C30H28FN3O. The van der Waals surface area contributed by atoms with Crippen molar-refractivity contribution in [2.75, 3.05) is 0 Å². The van der Waals surface area contributed by atoms with Crippen molar-refractivity contribution in [3.05, 3.63) is 123 Å². The first-order chi connectivity index (χ1) is 17.0. The van der Waals surface area contributed by atoms with E-state index in [2.05, 4.69) is 13.0 Å². The van der Waals surface area contributed by atoms with Crippen LogP contribution in [0, 0.1) is 24.1 Å². The third kappa shape index (κ3) is 5.55. The van der Waals surface area contributed by atoms with Gasteiger partial charge in [0, 0.05) is 12.0 Å². The highest BCUT2D eigenvalue weighted by molar-refractivity contribution is 5.71. The molecule has 0 spiro atoms. The zero-order valence-electron chi connectivity index (χ0n) is 20.1. The molecule has 4 nitrogen and oxygen atoms in total. The van der Waals surface area contributed by atoms with Gasteiger partial charge in [-0.05, 0) is 60.2 Å². The van der Waals surface area contributed by atoms with Gasteiger partial charge in [-0.3, -0.25) is 9.36 Å². The largest absolute Gasteiger partial charge is 0.292 e. The van der Waals surface area contributed by atoms with Gasteiger partial charge in [-0.25, -0.2) is 9.37 Å². The van der Waals surface area contributed by atoms with Crippen LogP contribution >= 0.6 is 0 Å². The van der Waals surface area contributed by atoms with Gasteiger partial charge < -0.3 is 0 Å². The zero-order chi connectivity index (χ0) is 24.8. The predicted molar refractivity (Wildman–Crippen MR) is 137 cm³/mol. The Balaban J connectivity index is 1.74. The number of rotatable bonds is 8. The van der Waals surface area contributed by atoms with Crippen molar-refractivity contribution >= 4 is 0 Å². The quantitative estimate of drug-likeness (QED) is 0.311. The molecule has 5 heteroatoms. The molecule has 0 atom stereocenters. The maximum Gasteiger partial charge on any atom is 0.257 e. The third-order valence-electron chi connectivity index (χ3n) is 6.23. The summed E-state index contributed by atoms with van der Waals surface area (Å²) < 4.78 is 15.0. The number of nitrogens with zero attached hydrogens (tertiary/aromatic N) is 3. The highest BCUT2D eigenvalue weighted by Crippen LogP contribution is 2.25. The average Bonchev–Trinajstić information content (AvgIpc) is 2.88. The monoisotopic (exact) mass is 465 g/mol. The van der Waals surface area contributed by atoms with Crippen LogP contribution in [0.1, 0.15) is 53.5 Å². The number of hydrogen-bond donors (Lipinski definition) is 0. The third-order valence-corrected chi connectivity index (χ3v) is 6.23. The zero-order valence-corrected chi connectivity index (χ0v) is 20.1. The lowest BCUT2D eigenvalue weighted by molar-refractivity contribution is 0.624. The summed E-state index contributed by atoms with van der Waals surface area (Å²) in [5, 5.41) is 9.80. The normalized spacial score (nSPS) is 10.8. The van der Waals surface area contributed by atoms with E-state index in [-0.39, 0.29) is 11.4 Å². The van der Waals surface area contributed by atoms with Crippen molar-refractivity contribution in [3.8, 4) is 17.2 Å². The molecule has 0 unspecified atom stereocenters. The second kappa shape index (κ2) is 10.9. The van der Waals surface area contributed by atoms with E-state index < -0.39 is 0 Å². The van der Waals surface area contributed by atoms with Crippen LogP contribution in [-0.2, 0) is 19.4 Å². The lowest BCUT2D eigenvalue weighted by atomic mass is 9.95. The highest BCUT2D eigenvalue weighted by Gasteiger charge is 2.16. The summed E-state index contributed by atoms with van der Waals surface area (Å²) in [6.07, 6.45) is 3.07. The molecule has 0 fully saturated rings. The highest BCUT2D eigenvalue weighted by atomic mass is 19.1. The molecule has 0 N–H and O–H groups in total. The maximum atomic E-state index is 13.7. The van der Waals surface area contributed by atoms with Crippen molar-refractivity contribution in [2.24, 2.45) is 0 Å². The van der Waals surface area contributed by atoms with Crippen molar-refractivity contribution in [3.63, 3.8) is 0 Å². The molecule has 0 aliphatic carbocycles. The van der Waals surface area contributed by atoms with Crippen LogP contribution in [0.3, 0.4) is 0 Å². The molecule has 0 amide bonds. The number of benzene rings is 3. The van der Waals surface area contributed by atoms with Crippen LogP contribution < -0.4 is 5.56 Å². The maximum absolute atomic E-state index is 13.7. The van der Waals surface area contributed by atoms with Crippen LogP contribution in [-0.4, -0.2) is 9.55 Å². The van der Waals surface area contributed by atoms with E-state index in [0.717, 1.165) is 47.2 Å².